The molecule has 2 atom stereocenters. The van der Waals surface area contributed by atoms with Crippen molar-refractivity contribution in [2.24, 2.45) is 0 Å². The van der Waals surface area contributed by atoms with Crippen molar-refractivity contribution in [2.75, 3.05) is 0 Å². The Balaban J connectivity index is 1.99. The van der Waals surface area contributed by atoms with Crippen LogP contribution in [-0.2, 0) is 12.0 Å². The van der Waals surface area contributed by atoms with Gasteiger partial charge in [0.2, 0.25) is 0 Å². The molecule has 1 N–H and O–H groups in total. The fourth-order valence-electron chi connectivity index (χ4n) is 3.21. The molecule has 2 aromatic rings. The summed E-state index contributed by atoms with van der Waals surface area (Å²) in [4.78, 5) is 0. The van der Waals surface area contributed by atoms with Crippen LogP contribution in [0.2, 0.25) is 0 Å². The SMILES string of the molecule is CC1CCC(O)(Cc2ccccc2)c2ccccc21. The summed E-state index contributed by atoms with van der Waals surface area (Å²) < 4.78 is 0. The summed E-state index contributed by atoms with van der Waals surface area (Å²) in [5.41, 5.74) is 2.93. The molecule has 98 valence electrons. The molecule has 0 heterocycles. The molecule has 19 heavy (non-hydrogen) atoms. The number of hydrogen-bond acceptors (Lipinski definition) is 1. The van der Waals surface area contributed by atoms with Gasteiger partial charge in [-0.1, -0.05) is 61.5 Å². The number of hydrogen-bond donors (Lipinski definition) is 1. The van der Waals surface area contributed by atoms with Crippen molar-refractivity contribution < 1.29 is 5.11 Å². The Morgan fingerprint density at radius 3 is 2.53 bits per heavy atom. The molecule has 3 rings (SSSR count). The maximum absolute atomic E-state index is 11.1. The minimum absolute atomic E-state index is 0.548. The summed E-state index contributed by atoms with van der Waals surface area (Å²) >= 11 is 0. The largest absolute Gasteiger partial charge is 0.385 e. The average Bonchev–Trinajstić information content (AvgIpc) is 2.45. The van der Waals surface area contributed by atoms with E-state index in [1.807, 2.05) is 24.3 Å². The summed E-state index contributed by atoms with van der Waals surface area (Å²) in [6.45, 7) is 2.25. The van der Waals surface area contributed by atoms with Crippen molar-refractivity contribution in [3.05, 3.63) is 71.3 Å². The molecule has 0 bridgehead atoms. The van der Waals surface area contributed by atoms with E-state index in [4.69, 9.17) is 0 Å². The Morgan fingerprint density at radius 2 is 1.74 bits per heavy atom. The molecule has 0 amide bonds. The molecule has 1 aliphatic carbocycles. The zero-order valence-electron chi connectivity index (χ0n) is 11.3. The van der Waals surface area contributed by atoms with Crippen LogP contribution < -0.4 is 0 Å². The first-order valence-corrected chi connectivity index (χ1v) is 7.05. The van der Waals surface area contributed by atoms with Crippen LogP contribution in [0.25, 0.3) is 0 Å². The fourth-order valence-corrected chi connectivity index (χ4v) is 3.21. The topological polar surface area (TPSA) is 20.2 Å². The predicted molar refractivity (Wildman–Crippen MR) is 78.1 cm³/mol. The van der Waals surface area contributed by atoms with E-state index < -0.39 is 5.60 Å². The van der Waals surface area contributed by atoms with Crippen molar-refractivity contribution in [1.82, 2.24) is 0 Å². The van der Waals surface area contributed by atoms with Gasteiger partial charge in [0.05, 0.1) is 5.60 Å². The van der Waals surface area contributed by atoms with E-state index in [2.05, 4.69) is 37.3 Å². The molecule has 1 heteroatoms. The van der Waals surface area contributed by atoms with Crippen LogP contribution in [0.4, 0.5) is 0 Å². The smallest absolute Gasteiger partial charge is 0.0939 e. The van der Waals surface area contributed by atoms with Gasteiger partial charge in [-0.05, 0) is 35.4 Å². The number of benzene rings is 2. The standard InChI is InChI=1S/C18H20O/c1-14-11-12-18(19,13-15-7-3-2-4-8-15)17-10-6-5-9-16(14)17/h2-10,14,19H,11-13H2,1H3. The third kappa shape index (κ3) is 2.31. The maximum Gasteiger partial charge on any atom is 0.0939 e. The van der Waals surface area contributed by atoms with E-state index >= 15 is 0 Å². The molecule has 0 radical (unpaired) electrons. The lowest BCUT2D eigenvalue weighted by Gasteiger charge is -2.37. The van der Waals surface area contributed by atoms with E-state index in [0.717, 1.165) is 18.4 Å². The second kappa shape index (κ2) is 4.82. The normalized spacial score (nSPS) is 25.9. The third-order valence-electron chi connectivity index (χ3n) is 4.32. The maximum atomic E-state index is 11.1. The molecule has 0 fully saturated rings. The molecule has 1 nitrogen and oxygen atoms in total. The molecular formula is C18H20O. The van der Waals surface area contributed by atoms with Gasteiger partial charge in [0.25, 0.3) is 0 Å². The summed E-state index contributed by atoms with van der Waals surface area (Å²) in [6, 6.07) is 18.6. The minimum Gasteiger partial charge on any atom is -0.385 e. The highest BCUT2D eigenvalue weighted by molar-refractivity contribution is 5.38. The second-order valence-electron chi connectivity index (χ2n) is 5.72. The van der Waals surface area contributed by atoms with Gasteiger partial charge < -0.3 is 5.11 Å². The van der Waals surface area contributed by atoms with Gasteiger partial charge in [0.1, 0.15) is 0 Å². The Bertz CT molecular complexity index is 561. The first-order valence-electron chi connectivity index (χ1n) is 7.05. The minimum atomic E-state index is -0.704. The fraction of sp³-hybridized carbons (Fsp3) is 0.333. The van der Waals surface area contributed by atoms with E-state index in [0.29, 0.717) is 12.3 Å². The Labute approximate surface area is 114 Å². The summed E-state index contributed by atoms with van der Waals surface area (Å²) in [7, 11) is 0. The van der Waals surface area contributed by atoms with Gasteiger partial charge in [-0.25, -0.2) is 0 Å². The first-order chi connectivity index (χ1) is 9.19. The molecule has 1 aliphatic rings. The van der Waals surface area contributed by atoms with Crippen LogP contribution in [0.15, 0.2) is 54.6 Å². The summed E-state index contributed by atoms with van der Waals surface area (Å²) in [5.74, 6) is 0.548. The van der Waals surface area contributed by atoms with Crippen LogP contribution in [-0.4, -0.2) is 5.11 Å². The highest BCUT2D eigenvalue weighted by atomic mass is 16.3. The van der Waals surface area contributed by atoms with Crippen LogP contribution >= 0.6 is 0 Å². The van der Waals surface area contributed by atoms with Crippen LogP contribution in [0.1, 0.15) is 42.4 Å². The van der Waals surface area contributed by atoms with Crippen molar-refractivity contribution >= 4 is 0 Å². The van der Waals surface area contributed by atoms with Crippen molar-refractivity contribution in [3.8, 4) is 0 Å². The second-order valence-corrected chi connectivity index (χ2v) is 5.72. The van der Waals surface area contributed by atoms with Gasteiger partial charge in [-0.15, -0.1) is 0 Å². The third-order valence-corrected chi connectivity index (χ3v) is 4.32. The monoisotopic (exact) mass is 252 g/mol. The molecular weight excluding hydrogens is 232 g/mol. The zero-order chi connectivity index (χ0) is 13.3. The highest BCUT2D eigenvalue weighted by Crippen LogP contribution is 2.42. The predicted octanol–water partition coefficient (Wildman–Crippen LogP) is 4.01. The van der Waals surface area contributed by atoms with Crippen molar-refractivity contribution in [2.45, 2.75) is 37.7 Å². The average molecular weight is 252 g/mol. The summed E-state index contributed by atoms with van der Waals surface area (Å²) in [6.07, 6.45) is 2.61. The first kappa shape index (κ1) is 12.4. The van der Waals surface area contributed by atoms with Gasteiger partial charge >= 0.3 is 0 Å². The lowest BCUT2D eigenvalue weighted by Crippen LogP contribution is -2.33. The van der Waals surface area contributed by atoms with Crippen LogP contribution in [0, 0.1) is 0 Å². The molecule has 0 aliphatic heterocycles. The Morgan fingerprint density at radius 1 is 1.05 bits per heavy atom. The van der Waals surface area contributed by atoms with Crippen molar-refractivity contribution in [3.63, 3.8) is 0 Å². The molecule has 0 saturated heterocycles. The van der Waals surface area contributed by atoms with Gasteiger partial charge in [0, 0.05) is 6.42 Å². The molecule has 0 spiro atoms. The summed E-state index contributed by atoms with van der Waals surface area (Å²) in [5, 5.41) is 11.1. The number of fused-ring (bicyclic) bond motifs is 1. The lowest BCUT2D eigenvalue weighted by molar-refractivity contribution is 0.0159. The van der Waals surface area contributed by atoms with E-state index in [-0.39, 0.29) is 0 Å². The van der Waals surface area contributed by atoms with Gasteiger partial charge in [0.15, 0.2) is 0 Å². The number of rotatable bonds is 2. The van der Waals surface area contributed by atoms with Crippen molar-refractivity contribution in [1.29, 1.82) is 0 Å². The van der Waals surface area contributed by atoms with Crippen LogP contribution in [0.5, 0.6) is 0 Å². The van der Waals surface area contributed by atoms with E-state index in [9.17, 15) is 5.11 Å². The van der Waals surface area contributed by atoms with Gasteiger partial charge in [-0.2, -0.15) is 0 Å². The quantitative estimate of drug-likeness (QED) is 0.856. The number of aliphatic hydroxyl groups is 1. The van der Waals surface area contributed by atoms with Gasteiger partial charge in [-0.3, -0.25) is 0 Å². The Hall–Kier alpha value is -1.60. The molecule has 2 aromatic carbocycles. The molecule has 0 aromatic heterocycles. The lowest BCUT2D eigenvalue weighted by atomic mass is 9.72. The van der Waals surface area contributed by atoms with E-state index in [1.165, 1.54) is 11.1 Å². The molecule has 2 unspecified atom stereocenters. The zero-order valence-corrected chi connectivity index (χ0v) is 11.3. The Kier molecular flexibility index (Phi) is 3.16. The van der Waals surface area contributed by atoms with Crippen LogP contribution in [0.3, 0.4) is 0 Å². The van der Waals surface area contributed by atoms with E-state index in [1.54, 1.807) is 0 Å². The highest BCUT2D eigenvalue weighted by Gasteiger charge is 2.36. The molecule has 0 saturated carbocycles.